The van der Waals surface area contributed by atoms with Gasteiger partial charge in [-0.25, -0.2) is 4.79 Å². The molecule has 36 heavy (non-hydrogen) atoms. The summed E-state index contributed by atoms with van der Waals surface area (Å²) in [5.41, 5.74) is 0.922. The van der Waals surface area contributed by atoms with Crippen LogP contribution in [0.4, 0.5) is 16.2 Å². The van der Waals surface area contributed by atoms with Crippen LogP contribution in [-0.4, -0.2) is 53.3 Å². The molecule has 1 aliphatic rings. The van der Waals surface area contributed by atoms with Crippen LogP contribution in [0.25, 0.3) is 0 Å². The number of amides is 5. The monoisotopic (exact) mass is 558 g/mol. The minimum absolute atomic E-state index is 0.0908. The number of alkyl carbamates (subject to hydrolysis) is 1. The highest BCUT2D eigenvalue weighted by Crippen LogP contribution is 2.26. The topological polar surface area (TPSA) is 134 Å². The summed E-state index contributed by atoms with van der Waals surface area (Å²) in [5, 5.41) is 7.73. The van der Waals surface area contributed by atoms with Crippen LogP contribution in [0.2, 0.25) is 0 Å². The second-order valence-corrected chi connectivity index (χ2v) is 10.0. The van der Waals surface area contributed by atoms with Gasteiger partial charge in [-0.2, -0.15) is 0 Å². The Morgan fingerprint density at radius 1 is 0.917 bits per heavy atom. The van der Waals surface area contributed by atoms with Gasteiger partial charge in [0.25, 0.3) is 11.8 Å². The van der Waals surface area contributed by atoms with Crippen LogP contribution < -0.4 is 16.0 Å². The van der Waals surface area contributed by atoms with Gasteiger partial charge in [0.05, 0.1) is 11.1 Å². The molecule has 190 valence electrons. The molecule has 0 spiro atoms. The summed E-state index contributed by atoms with van der Waals surface area (Å²) < 4.78 is 5.79. The highest BCUT2D eigenvalue weighted by atomic mass is 79.9. The molecular formula is C25H27BrN4O6. The predicted molar refractivity (Wildman–Crippen MR) is 137 cm³/mol. The number of rotatable bonds is 8. The molecule has 0 bridgehead atoms. The highest BCUT2D eigenvalue weighted by molar-refractivity contribution is 9.10. The first-order valence-electron chi connectivity index (χ1n) is 11.3. The number of halogens is 1. The van der Waals surface area contributed by atoms with Crippen molar-refractivity contribution in [2.45, 2.75) is 39.2 Å². The van der Waals surface area contributed by atoms with Crippen LogP contribution in [0.5, 0.6) is 0 Å². The lowest BCUT2D eigenvalue weighted by molar-refractivity contribution is -0.116. The molecule has 1 heterocycles. The fourth-order valence-corrected chi connectivity index (χ4v) is 3.79. The third-order valence-electron chi connectivity index (χ3n) is 4.94. The summed E-state index contributed by atoms with van der Waals surface area (Å²) in [4.78, 5) is 62.3. The van der Waals surface area contributed by atoms with E-state index < -0.39 is 17.6 Å². The minimum Gasteiger partial charge on any atom is -0.444 e. The van der Waals surface area contributed by atoms with Crippen molar-refractivity contribution in [2.75, 3.05) is 23.7 Å². The van der Waals surface area contributed by atoms with Crippen molar-refractivity contribution >= 4 is 57.0 Å². The zero-order chi connectivity index (χ0) is 26.5. The van der Waals surface area contributed by atoms with E-state index in [4.69, 9.17) is 4.74 Å². The number of nitrogens with zero attached hydrogens (tertiary/aromatic N) is 1. The first-order chi connectivity index (χ1) is 16.9. The van der Waals surface area contributed by atoms with Crippen LogP contribution in [-0.2, 0) is 14.3 Å². The Balaban J connectivity index is 1.44. The van der Waals surface area contributed by atoms with Crippen molar-refractivity contribution in [3.63, 3.8) is 0 Å². The molecule has 0 atom stereocenters. The standard InChI is InChI=1S/C25H27BrN4O6/c1-25(2,3)36-24(35)27-14-21(32)29-17-7-4-6-16(13-17)28-20(31)8-5-11-30-22(33)18-10-9-15(26)12-19(18)23(30)34/h4,6-7,9-10,12-13H,5,8,11,14H2,1-3H3,(H,27,35)(H,28,31)(H,29,32). The van der Waals surface area contributed by atoms with Gasteiger partial charge >= 0.3 is 6.09 Å². The first-order valence-corrected chi connectivity index (χ1v) is 12.0. The number of anilines is 2. The molecule has 3 rings (SSSR count). The van der Waals surface area contributed by atoms with Crippen LogP contribution in [0.3, 0.4) is 0 Å². The second-order valence-electron chi connectivity index (χ2n) is 9.09. The van der Waals surface area contributed by atoms with Gasteiger partial charge in [-0.1, -0.05) is 22.0 Å². The van der Waals surface area contributed by atoms with Gasteiger partial charge in [-0.05, 0) is 63.6 Å². The second kappa shape index (κ2) is 11.3. The number of benzene rings is 2. The number of hydrogen-bond acceptors (Lipinski definition) is 6. The van der Waals surface area contributed by atoms with Crippen molar-refractivity contribution < 1.29 is 28.7 Å². The summed E-state index contributed by atoms with van der Waals surface area (Å²) in [5.74, 6) is -1.50. The number of fused-ring (bicyclic) bond motifs is 1. The quantitative estimate of drug-likeness (QED) is 0.420. The number of hydrogen-bond donors (Lipinski definition) is 3. The Hall–Kier alpha value is -3.73. The molecule has 2 aromatic carbocycles. The molecule has 0 saturated carbocycles. The van der Waals surface area contributed by atoms with Gasteiger partial charge < -0.3 is 20.7 Å². The molecule has 2 aromatic rings. The van der Waals surface area contributed by atoms with E-state index in [0.717, 1.165) is 4.90 Å². The number of imide groups is 1. The molecule has 3 N–H and O–H groups in total. The van der Waals surface area contributed by atoms with Crippen LogP contribution >= 0.6 is 15.9 Å². The smallest absolute Gasteiger partial charge is 0.408 e. The van der Waals surface area contributed by atoms with E-state index in [1.807, 2.05) is 0 Å². The maximum atomic E-state index is 12.5. The molecule has 10 nitrogen and oxygen atoms in total. The average molecular weight is 559 g/mol. The van der Waals surface area contributed by atoms with Crippen LogP contribution in [0, 0.1) is 0 Å². The lowest BCUT2D eigenvalue weighted by Crippen LogP contribution is -2.37. The number of nitrogens with one attached hydrogen (secondary N) is 3. The zero-order valence-electron chi connectivity index (χ0n) is 20.1. The Morgan fingerprint density at radius 2 is 1.56 bits per heavy atom. The van der Waals surface area contributed by atoms with E-state index in [2.05, 4.69) is 31.9 Å². The average Bonchev–Trinajstić information content (AvgIpc) is 3.01. The van der Waals surface area contributed by atoms with Crippen molar-refractivity contribution in [1.29, 1.82) is 0 Å². The van der Waals surface area contributed by atoms with E-state index in [1.165, 1.54) is 0 Å². The Bertz CT molecular complexity index is 1210. The Labute approximate surface area is 216 Å². The largest absolute Gasteiger partial charge is 0.444 e. The van der Waals surface area contributed by atoms with Gasteiger partial charge in [0.1, 0.15) is 12.1 Å². The summed E-state index contributed by atoms with van der Waals surface area (Å²) in [6.07, 6.45) is -0.314. The van der Waals surface area contributed by atoms with E-state index in [1.54, 1.807) is 63.2 Å². The lowest BCUT2D eigenvalue weighted by Gasteiger charge is -2.19. The molecule has 11 heteroatoms. The summed E-state index contributed by atoms with van der Waals surface area (Å²) in [7, 11) is 0. The SMILES string of the molecule is CC(C)(C)OC(=O)NCC(=O)Nc1cccc(NC(=O)CCCN2C(=O)c3ccc(Br)cc3C2=O)c1. The molecule has 0 radical (unpaired) electrons. The highest BCUT2D eigenvalue weighted by Gasteiger charge is 2.35. The van der Waals surface area contributed by atoms with Gasteiger partial charge in [-0.3, -0.25) is 24.1 Å². The van der Waals surface area contributed by atoms with E-state index in [0.29, 0.717) is 33.4 Å². The molecule has 0 aliphatic carbocycles. The number of ether oxygens (including phenoxy) is 1. The van der Waals surface area contributed by atoms with Crippen LogP contribution in [0.1, 0.15) is 54.3 Å². The fraction of sp³-hybridized carbons (Fsp3) is 0.320. The Kier molecular flexibility index (Phi) is 8.46. The fourth-order valence-electron chi connectivity index (χ4n) is 3.43. The van der Waals surface area contributed by atoms with Crippen molar-refractivity contribution in [2.24, 2.45) is 0 Å². The third-order valence-corrected chi connectivity index (χ3v) is 5.43. The molecule has 0 saturated heterocycles. The summed E-state index contributed by atoms with van der Waals surface area (Å²) >= 11 is 3.30. The zero-order valence-corrected chi connectivity index (χ0v) is 21.7. The van der Waals surface area contributed by atoms with Crippen molar-refractivity contribution in [1.82, 2.24) is 10.2 Å². The Morgan fingerprint density at radius 3 is 2.22 bits per heavy atom. The number of carbonyl (C=O) groups excluding carboxylic acids is 5. The normalized spacial score (nSPS) is 12.7. The van der Waals surface area contributed by atoms with E-state index >= 15 is 0 Å². The molecule has 5 amide bonds. The molecule has 0 unspecified atom stereocenters. The maximum absolute atomic E-state index is 12.5. The number of carbonyl (C=O) groups is 5. The summed E-state index contributed by atoms with van der Waals surface area (Å²) in [6, 6.07) is 11.5. The van der Waals surface area contributed by atoms with E-state index in [-0.39, 0.29) is 37.2 Å². The van der Waals surface area contributed by atoms with Gasteiger partial charge in [0.15, 0.2) is 0 Å². The van der Waals surface area contributed by atoms with Gasteiger partial charge in [-0.15, -0.1) is 0 Å². The lowest BCUT2D eigenvalue weighted by atomic mass is 10.1. The van der Waals surface area contributed by atoms with Gasteiger partial charge in [0.2, 0.25) is 11.8 Å². The minimum atomic E-state index is -0.701. The van der Waals surface area contributed by atoms with Crippen molar-refractivity contribution in [3.05, 3.63) is 58.1 Å². The molecule has 0 aromatic heterocycles. The molecular weight excluding hydrogens is 532 g/mol. The molecule has 1 aliphatic heterocycles. The van der Waals surface area contributed by atoms with E-state index in [9.17, 15) is 24.0 Å². The third kappa shape index (κ3) is 7.38. The van der Waals surface area contributed by atoms with Gasteiger partial charge in [0, 0.05) is 28.8 Å². The first kappa shape index (κ1) is 26.9. The maximum Gasteiger partial charge on any atom is 0.408 e. The predicted octanol–water partition coefficient (Wildman–Crippen LogP) is 3.93. The summed E-state index contributed by atoms with van der Waals surface area (Å²) in [6.45, 7) is 5.00. The van der Waals surface area contributed by atoms with Crippen molar-refractivity contribution in [3.8, 4) is 0 Å². The van der Waals surface area contributed by atoms with Crippen LogP contribution in [0.15, 0.2) is 46.9 Å². The molecule has 0 fully saturated rings.